The lowest BCUT2D eigenvalue weighted by atomic mass is 10.1. The van der Waals surface area contributed by atoms with E-state index in [-0.39, 0.29) is 17.5 Å². The number of hydrogen-bond acceptors (Lipinski definition) is 4. The molecule has 2 heterocycles. The van der Waals surface area contributed by atoms with Gasteiger partial charge in [-0.2, -0.15) is 0 Å². The lowest BCUT2D eigenvalue weighted by Gasteiger charge is -2.17. The number of hydrogen-bond donors (Lipinski definition) is 1. The lowest BCUT2D eigenvalue weighted by Crippen LogP contribution is -2.29. The number of likely N-dealkylation sites (N-methyl/N-ethyl adjacent to an activating group) is 1. The van der Waals surface area contributed by atoms with E-state index in [0.717, 1.165) is 28.8 Å². The Morgan fingerprint density at radius 2 is 1.76 bits per heavy atom. The fraction of sp³-hybridized carbons (Fsp3) is 0.217. The van der Waals surface area contributed by atoms with Gasteiger partial charge >= 0.3 is 0 Å². The molecular formula is C23H24N4O2. The van der Waals surface area contributed by atoms with E-state index in [0.29, 0.717) is 12.1 Å². The summed E-state index contributed by atoms with van der Waals surface area (Å²) >= 11 is 0. The molecule has 0 aliphatic heterocycles. The minimum atomic E-state index is -0.340. The van der Waals surface area contributed by atoms with Crippen molar-refractivity contribution in [2.75, 3.05) is 18.9 Å². The maximum absolute atomic E-state index is 12.8. The van der Waals surface area contributed by atoms with Crippen molar-refractivity contribution in [3.8, 4) is 0 Å². The van der Waals surface area contributed by atoms with E-state index < -0.39 is 0 Å². The van der Waals surface area contributed by atoms with Crippen LogP contribution in [-0.4, -0.2) is 40.3 Å². The fourth-order valence-electron chi connectivity index (χ4n) is 2.91. The van der Waals surface area contributed by atoms with Crippen molar-refractivity contribution in [3.63, 3.8) is 0 Å². The number of anilines is 1. The van der Waals surface area contributed by atoms with E-state index in [4.69, 9.17) is 0 Å². The third-order valence-corrected chi connectivity index (χ3v) is 4.71. The Morgan fingerprint density at radius 1 is 1.00 bits per heavy atom. The van der Waals surface area contributed by atoms with Crippen LogP contribution in [-0.2, 0) is 6.42 Å². The average Bonchev–Trinajstić information content (AvgIpc) is 2.75. The predicted octanol–water partition coefficient (Wildman–Crippen LogP) is 3.66. The van der Waals surface area contributed by atoms with Gasteiger partial charge in [-0.1, -0.05) is 12.1 Å². The van der Waals surface area contributed by atoms with E-state index in [2.05, 4.69) is 15.3 Å². The molecule has 0 spiro atoms. The van der Waals surface area contributed by atoms with Crippen molar-refractivity contribution in [3.05, 3.63) is 89.0 Å². The molecule has 6 nitrogen and oxygen atoms in total. The molecule has 1 aromatic carbocycles. The quantitative estimate of drug-likeness (QED) is 0.699. The van der Waals surface area contributed by atoms with Gasteiger partial charge in [0.05, 0.1) is 0 Å². The van der Waals surface area contributed by atoms with Crippen LogP contribution in [0, 0.1) is 13.8 Å². The summed E-state index contributed by atoms with van der Waals surface area (Å²) in [6.45, 7) is 4.46. The number of aromatic nitrogens is 2. The first kappa shape index (κ1) is 20.2. The van der Waals surface area contributed by atoms with Crippen molar-refractivity contribution < 1.29 is 9.59 Å². The smallest absolute Gasteiger partial charge is 0.274 e. The lowest BCUT2D eigenvalue weighted by molar-refractivity contribution is 0.0796. The Balaban J connectivity index is 1.68. The van der Waals surface area contributed by atoms with Crippen LogP contribution in [0.25, 0.3) is 0 Å². The SMILES string of the molecule is Cc1ccc(C)c(NC(=O)c2cc(C(=O)N(C)CCc3ccncc3)ccn2)c1. The van der Waals surface area contributed by atoms with Gasteiger partial charge in [-0.3, -0.25) is 19.6 Å². The van der Waals surface area contributed by atoms with Crippen molar-refractivity contribution >= 4 is 17.5 Å². The number of rotatable bonds is 6. The van der Waals surface area contributed by atoms with E-state index in [1.54, 1.807) is 30.4 Å². The Kier molecular flexibility index (Phi) is 6.34. The first-order valence-electron chi connectivity index (χ1n) is 9.43. The second kappa shape index (κ2) is 9.10. The Hall–Kier alpha value is -3.54. The molecule has 3 aromatic rings. The number of nitrogens with one attached hydrogen (secondary N) is 1. The largest absolute Gasteiger partial charge is 0.341 e. The third kappa shape index (κ3) is 5.25. The number of amides is 2. The standard InChI is InChI=1S/C23H24N4O2/c1-16-4-5-17(2)20(14-16)26-22(28)21-15-19(8-12-25-21)23(29)27(3)13-9-18-6-10-24-11-7-18/h4-8,10-12,14-15H,9,13H2,1-3H3,(H,26,28). The van der Waals surface area contributed by atoms with Crippen LogP contribution in [0.3, 0.4) is 0 Å². The summed E-state index contributed by atoms with van der Waals surface area (Å²) in [7, 11) is 1.75. The average molecular weight is 388 g/mol. The molecule has 0 fully saturated rings. The first-order valence-corrected chi connectivity index (χ1v) is 9.43. The van der Waals surface area contributed by atoms with Gasteiger partial charge in [0.25, 0.3) is 11.8 Å². The minimum Gasteiger partial charge on any atom is -0.341 e. The van der Waals surface area contributed by atoms with Crippen molar-refractivity contribution in [1.29, 1.82) is 0 Å². The van der Waals surface area contributed by atoms with Crippen molar-refractivity contribution in [2.45, 2.75) is 20.3 Å². The van der Waals surface area contributed by atoms with E-state index >= 15 is 0 Å². The predicted molar refractivity (Wildman–Crippen MR) is 113 cm³/mol. The molecular weight excluding hydrogens is 364 g/mol. The molecule has 0 aliphatic rings. The second-order valence-electron chi connectivity index (χ2n) is 7.03. The topological polar surface area (TPSA) is 75.2 Å². The number of carbonyl (C=O) groups excluding carboxylic acids is 2. The molecule has 0 saturated carbocycles. The van der Waals surface area contributed by atoms with E-state index in [1.165, 1.54) is 12.3 Å². The van der Waals surface area contributed by atoms with Gasteiger partial charge < -0.3 is 10.2 Å². The van der Waals surface area contributed by atoms with Gasteiger partial charge in [-0.25, -0.2) is 0 Å². The number of pyridine rings is 2. The number of benzene rings is 1. The normalized spacial score (nSPS) is 10.4. The van der Waals surface area contributed by atoms with Gasteiger partial charge in [0.1, 0.15) is 5.69 Å². The van der Waals surface area contributed by atoms with Crippen LogP contribution in [0.1, 0.15) is 37.5 Å². The van der Waals surface area contributed by atoms with Crippen molar-refractivity contribution in [1.82, 2.24) is 14.9 Å². The molecule has 0 radical (unpaired) electrons. The minimum absolute atomic E-state index is 0.151. The second-order valence-corrected chi connectivity index (χ2v) is 7.03. The summed E-state index contributed by atoms with van der Waals surface area (Å²) in [5.74, 6) is -0.491. The molecule has 0 saturated heterocycles. The zero-order valence-corrected chi connectivity index (χ0v) is 16.8. The molecule has 2 aromatic heterocycles. The Morgan fingerprint density at radius 3 is 2.52 bits per heavy atom. The van der Waals surface area contributed by atoms with Gasteiger partial charge in [-0.05, 0) is 67.3 Å². The van der Waals surface area contributed by atoms with E-state index in [1.807, 2.05) is 44.2 Å². The molecule has 148 valence electrons. The first-order chi connectivity index (χ1) is 13.9. The summed E-state index contributed by atoms with van der Waals surface area (Å²) in [6, 6.07) is 12.9. The maximum Gasteiger partial charge on any atom is 0.274 e. The highest BCUT2D eigenvalue weighted by molar-refractivity contribution is 6.05. The molecule has 0 atom stereocenters. The molecule has 29 heavy (non-hydrogen) atoms. The summed E-state index contributed by atoms with van der Waals surface area (Å²) in [5, 5.41) is 2.88. The van der Waals surface area contributed by atoms with Crippen LogP contribution < -0.4 is 5.32 Å². The highest BCUT2D eigenvalue weighted by Gasteiger charge is 2.16. The van der Waals surface area contributed by atoms with E-state index in [9.17, 15) is 9.59 Å². The highest BCUT2D eigenvalue weighted by atomic mass is 16.2. The van der Waals surface area contributed by atoms with Crippen LogP contribution >= 0.6 is 0 Å². The third-order valence-electron chi connectivity index (χ3n) is 4.71. The molecule has 1 N–H and O–H groups in total. The Bertz CT molecular complexity index is 1020. The number of aryl methyl sites for hydroxylation is 2. The zero-order valence-electron chi connectivity index (χ0n) is 16.8. The maximum atomic E-state index is 12.8. The van der Waals surface area contributed by atoms with Crippen LogP contribution in [0.2, 0.25) is 0 Å². The monoisotopic (exact) mass is 388 g/mol. The molecule has 2 amide bonds. The molecule has 0 aliphatic carbocycles. The van der Waals surface area contributed by atoms with Crippen molar-refractivity contribution in [2.24, 2.45) is 0 Å². The zero-order chi connectivity index (χ0) is 20.8. The number of carbonyl (C=O) groups is 2. The summed E-state index contributed by atoms with van der Waals surface area (Å²) < 4.78 is 0. The Labute approximate surface area is 170 Å². The fourth-order valence-corrected chi connectivity index (χ4v) is 2.91. The number of nitrogens with zero attached hydrogens (tertiary/aromatic N) is 3. The molecule has 6 heteroatoms. The molecule has 0 unspecified atom stereocenters. The van der Waals surface area contributed by atoms with Crippen LogP contribution in [0.15, 0.2) is 61.1 Å². The van der Waals surface area contributed by atoms with Crippen LogP contribution in [0.4, 0.5) is 5.69 Å². The highest BCUT2D eigenvalue weighted by Crippen LogP contribution is 2.17. The van der Waals surface area contributed by atoms with Gasteiger partial charge in [0.15, 0.2) is 0 Å². The molecule has 0 bridgehead atoms. The van der Waals surface area contributed by atoms with Gasteiger partial charge in [0.2, 0.25) is 0 Å². The van der Waals surface area contributed by atoms with Gasteiger partial charge in [-0.15, -0.1) is 0 Å². The van der Waals surface area contributed by atoms with Gasteiger partial charge in [0, 0.05) is 43.4 Å². The molecule has 3 rings (SSSR count). The van der Waals surface area contributed by atoms with Crippen LogP contribution in [0.5, 0.6) is 0 Å². The summed E-state index contributed by atoms with van der Waals surface area (Å²) in [5.41, 5.74) is 4.51. The summed E-state index contributed by atoms with van der Waals surface area (Å²) in [6.07, 6.45) is 5.69. The summed E-state index contributed by atoms with van der Waals surface area (Å²) in [4.78, 5) is 35.2.